The molecule has 0 amide bonds. The Hall–Kier alpha value is -2.48. The van der Waals surface area contributed by atoms with Crippen molar-refractivity contribution in [3.05, 3.63) is 34.6 Å². The fourth-order valence-corrected chi connectivity index (χ4v) is 2.56. The molecular formula is C13H13N5O2S. The quantitative estimate of drug-likeness (QED) is 0.789. The fourth-order valence-electron chi connectivity index (χ4n) is 1.87. The number of hydrogen-bond acceptors (Lipinski definition) is 7. The van der Waals surface area contributed by atoms with Crippen LogP contribution in [0.4, 0.5) is 5.13 Å². The topological polar surface area (TPSA) is 81.4 Å². The number of benzene rings is 1. The zero-order valence-electron chi connectivity index (χ0n) is 11.5. The van der Waals surface area contributed by atoms with Gasteiger partial charge in [-0.2, -0.15) is 4.52 Å². The molecule has 2 heterocycles. The summed E-state index contributed by atoms with van der Waals surface area (Å²) in [5.41, 5.74) is 0.662. The van der Waals surface area contributed by atoms with E-state index in [2.05, 4.69) is 20.6 Å². The van der Waals surface area contributed by atoms with Gasteiger partial charge < -0.3 is 10.1 Å². The highest BCUT2D eigenvalue weighted by atomic mass is 32.1. The van der Waals surface area contributed by atoms with Gasteiger partial charge in [-0.15, -0.1) is 15.3 Å². The van der Waals surface area contributed by atoms with Gasteiger partial charge in [0, 0.05) is 12.6 Å². The van der Waals surface area contributed by atoms with Gasteiger partial charge >= 0.3 is 5.56 Å². The van der Waals surface area contributed by atoms with Gasteiger partial charge in [-0.3, -0.25) is 4.79 Å². The average molecular weight is 303 g/mol. The highest BCUT2D eigenvalue weighted by Crippen LogP contribution is 2.20. The first-order valence-electron chi connectivity index (χ1n) is 6.40. The molecule has 0 fully saturated rings. The standard InChI is InChI=1S/C13H13N5O2S/c1-3-20-9-6-4-8(5-7-9)10-11(19)18-13(16-15-10)21-12(14-2)17-18/h4-7H,3H2,1-2H3,(H,14,17). The van der Waals surface area contributed by atoms with Crippen LogP contribution in [-0.2, 0) is 0 Å². The molecule has 0 bridgehead atoms. The lowest BCUT2D eigenvalue weighted by Gasteiger charge is -2.03. The van der Waals surface area contributed by atoms with E-state index in [0.29, 0.717) is 22.3 Å². The summed E-state index contributed by atoms with van der Waals surface area (Å²) in [6.07, 6.45) is 0. The molecule has 0 atom stereocenters. The van der Waals surface area contributed by atoms with E-state index in [-0.39, 0.29) is 11.3 Å². The molecule has 8 heteroatoms. The number of nitrogens with zero attached hydrogens (tertiary/aromatic N) is 4. The summed E-state index contributed by atoms with van der Waals surface area (Å²) in [7, 11) is 1.74. The van der Waals surface area contributed by atoms with Gasteiger partial charge in [0.1, 0.15) is 5.75 Å². The summed E-state index contributed by atoms with van der Waals surface area (Å²) < 4.78 is 6.64. The average Bonchev–Trinajstić information content (AvgIpc) is 2.93. The Morgan fingerprint density at radius 3 is 2.71 bits per heavy atom. The molecule has 0 radical (unpaired) electrons. The highest BCUT2D eigenvalue weighted by Gasteiger charge is 2.13. The van der Waals surface area contributed by atoms with Crippen molar-refractivity contribution < 1.29 is 4.74 Å². The number of fused-ring (bicyclic) bond motifs is 1. The van der Waals surface area contributed by atoms with Gasteiger partial charge in [0.2, 0.25) is 10.1 Å². The van der Waals surface area contributed by atoms with E-state index in [9.17, 15) is 4.79 Å². The molecule has 0 saturated carbocycles. The normalized spacial score (nSPS) is 10.8. The van der Waals surface area contributed by atoms with E-state index >= 15 is 0 Å². The second kappa shape index (κ2) is 5.49. The molecule has 1 N–H and O–H groups in total. The third-order valence-corrected chi connectivity index (χ3v) is 3.76. The second-order valence-corrected chi connectivity index (χ2v) is 5.12. The Labute approximate surface area is 124 Å². The monoisotopic (exact) mass is 303 g/mol. The summed E-state index contributed by atoms with van der Waals surface area (Å²) in [6.45, 7) is 2.51. The van der Waals surface area contributed by atoms with E-state index in [1.807, 2.05) is 6.92 Å². The summed E-state index contributed by atoms with van der Waals surface area (Å²) in [6, 6.07) is 7.17. The molecule has 21 heavy (non-hydrogen) atoms. The lowest BCUT2D eigenvalue weighted by molar-refractivity contribution is 0.340. The Morgan fingerprint density at radius 2 is 2.05 bits per heavy atom. The van der Waals surface area contributed by atoms with Gasteiger partial charge in [0.25, 0.3) is 0 Å². The molecule has 3 aromatic rings. The van der Waals surface area contributed by atoms with Gasteiger partial charge in [-0.1, -0.05) is 11.3 Å². The zero-order chi connectivity index (χ0) is 14.8. The maximum atomic E-state index is 12.4. The Balaban J connectivity index is 2.07. The molecule has 0 unspecified atom stereocenters. The summed E-state index contributed by atoms with van der Waals surface area (Å²) >= 11 is 1.27. The van der Waals surface area contributed by atoms with Crippen LogP contribution >= 0.6 is 11.3 Å². The summed E-state index contributed by atoms with van der Waals surface area (Å²) in [5, 5.41) is 15.7. The van der Waals surface area contributed by atoms with E-state index in [0.717, 1.165) is 5.75 Å². The third kappa shape index (κ3) is 2.45. The van der Waals surface area contributed by atoms with E-state index in [1.54, 1.807) is 31.3 Å². The fraction of sp³-hybridized carbons (Fsp3) is 0.231. The zero-order valence-corrected chi connectivity index (χ0v) is 12.3. The molecule has 0 aliphatic rings. The van der Waals surface area contributed by atoms with Crippen molar-refractivity contribution in [1.82, 2.24) is 19.8 Å². The first-order chi connectivity index (χ1) is 10.2. The van der Waals surface area contributed by atoms with Crippen molar-refractivity contribution in [1.29, 1.82) is 0 Å². The molecule has 108 valence electrons. The van der Waals surface area contributed by atoms with E-state index in [1.165, 1.54) is 15.9 Å². The van der Waals surface area contributed by atoms with E-state index in [4.69, 9.17) is 4.74 Å². The first-order valence-corrected chi connectivity index (χ1v) is 7.22. The highest BCUT2D eigenvalue weighted by molar-refractivity contribution is 7.20. The van der Waals surface area contributed by atoms with Crippen LogP contribution in [0.5, 0.6) is 5.75 Å². The van der Waals surface area contributed by atoms with Crippen molar-refractivity contribution in [2.75, 3.05) is 19.0 Å². The number of hydrogen-bond donors (Lipinski definition) is 1. The Kier molecular flexibility index (Phi) is 3.53. The molecule has 0 saturated heterocycles. The van der Waals surface area contributed by atoms with Crippen molar-refractivity contribution in [3.63, 3.8) is 0 Å². The third-order valence-electron chi connectivity index (χ3n) is 2.84. The van der Waals surface area contributed by atoms with E-state index < -0.39 is 0 Å². The van der Waals surface area contributed by atoms with Crippen LogP contribution in [0.15, 0.2) is 29.1 Å². The summed E-state index contributed by atoms with van der Waals surface area (Å²) in [4.78, 5) is 12.9. The number of aromatic nitrogens is 4. The molecule has 1 aromatic carbocycles. The number of ether oxygens (including phenoxy) is 1. The summed E-state index contributed by atoms with van der Waals surface area (Å²) in [5.74, 6) is 0.751. The lowest BCUT2D eigenvalue weighted by atomic mass is 10.1. The molecule has 2 aromatic heterocycles. The minimum Gasteiger partial charge on any atom is -0.494 e. The minimum atomic E-state index is -0.290. The second-order valence-electron chi connectivity index (χ2n) is 4.16. The predicted octanol–water partition coefficient (Wildman–Crippen LogP) is 1.65. The number of anilines is 1. The molecule has 7 nitrogen and oxygen atoms in total. The number of rotatable bonds is 4. The molecule has 3 rings (SSSR count). The maximum Gasteiger partial charge on any atom is 0.302 e. The van der Waals surface area contributed by atoms with Crippen molar-refractivity contribution in [2.24, 2.45) is 0 Å². The van der Waals surface area contributed by atoms with Crippen LogP contribution in [0, 0.1) is 0 Å². The van der Waals surface area contributed by atoms with Crippen LogP contribution in [0.2, 0.25) is 0 Å². The van der Waals surface area contributed by atoms with Crippen molar-refractivity contribution in [2.45, 2.75) is 6.92 Å². The van der Waals surface area contributed by atoms with Crippen LogP contribution in [0.25, 0.3) is 16.2 Å². The molecule has 0 aliphatic carbocycles. The van der Waals surface area contributed by atoms with Crippen molar-refractivity contribution >= 4 is 21.4 Å². The largest absolute Gasteiger partial charge is 0.494 e. The molecular weight excluding hydrogens is 290 g/mol. The van der Waals surface area contributed by atoms with Gasteiger partial charge in [0.05, 0.1) is 6.61 Å². The lowest BCUT2D eigenvalue weighted by Crippen LogP contribution is -2.19. The van der Waals surface area contributed by atoms with Crippen molar-refractivity contribution in [3.8, 4) is 17.0 Å². The van der Waals surface area contributed by atoms with Crippen LogP contribution in [-0.4, -0.2) is 33.5 Å². The Morgan fingerprint density at radius 1 is 1.29 bits per heavy atom. The van der Waals surface area contributed by atoms with Crippen LogP contribution in [0.1, 0.15) is 6.92 Å². The van der Waals surface area contributed by atoms with Gasteiger partial charge in [-0.25, -0.2) is 0 Å². The SMILES string of the molecule is CCOc1ccc(-c2nnc3sc(NC)nn3c2=O)cc1. The molecule has 0 spiro atoms. The molecule has 0 aliphatic heterocycles. The first kappa shape index (κ1) is 13.5. The van der Waals surface area contributed by atoms with Gasteiger partial charge in [-0.05, 0) is 31.2 Å². The van der Waals surface area contributed by atoms with Crippen LogP contribution < -0.4 is 15.6 Å². The van der Waals surface area contributed by atoms with Gasteiger partial charge in [0.15, 0.2) is 5.69 Å². The Bertz CT molecular complexity index is 825. The van der Waals surface area contributed by atoms with Crippen LogP contribution in [0.3, 0.4) is 0 Å². The predicted molar refractivity (Wildman–Crippen MR) is 81.1 cm³/mol. The maximum absolute atomic E-state index is 12.4. The smallest absolute Gasteiger partial charge is 0.302 e. The minimum absolute atomic E-state index is 0.267. The number of nitrogens with one attached hydrogen (secondary N) is 1.